The number of hydrogen-bond donors (Lipinski definition) is 1. The van der Waals surface area contributed by atoms with Crippen molar-refractivity contribution < 1.29 is 4.79 Å². The van der Waals surface area contributed by atoms with E-state index in [1.165, 1.54) is 0 Å². The number of amides is 1. The van der Waals surface area contributed by atoms with Gasteiger partial charge in [0.05, 0.1) is 12.6 Å². The van der Waals surface area contributed by atoms with Crippen LogP contribution in [0.2, 0.25) is 0 Å². The van der Waals surface area contributed by atoms with Crippen LogP contribution in [0.3, 0.4) is 0 Å². The molecule has 80 valence electrons. The SMILES string of the molecule is CCC(C#N)C(=O)NCc1ncn(C)n1. The fourth-order valence-corrected chi connectivity index (χ4v) is 1.09. The summed E-state index contributed by atoms with van der Waals surface area (Å²) in [6.07, 6.45) is 2.07. The molecule has 1 rings (SSSR count). The van der Waals surface area contributed by atoms with Gasteiger partial charge in [0.25, 0.3) is 0 Å². The molecule has 0 radical (unpaired) electrons. The summed E-state index contributed by atoms with van der Waals surface area (Å²) in [7, 11) is 1.75. The van der Waals surface area contributed by atoms with Crippen LogP contribution in [0.4, 0.5) is 0 Å². The smallest absolute Gasteiger partial charge is 0.237 e. The molecule has 0 aromatic carbocycles. The average Bonchev–Trinajstić information content (AvgIpc) is 2.63. The molecule has 6 heteroatoms. The summed E-state index contributed by atoms with van der Waals surface area (Å²) in [5, 5.41) is 15.3. The molecule has 0 aliphatic heterocycles. The third-order valence-corrected chi connectivity index (χ3v) is 1.95. The third-order valence-electron chi connectivity index (χ3n) is 1.95. The zero-order valence-corrected chi connectivity index (χ0v) is 8.77. The van der Waals surface area contributed by atoms with Crippen molar-refractivity contribution >= 4 is 5.91 Å². The summed E-state index contributed by atoms with van der Waals surface area (Å²) in [5.41, 5.74) is 0. The molecule has 1 aromatic rings. The standard InChI is InChI=1S/C9H13N5O/c1-3-7(4-10)9(15)11-5-8-12-6-14(2)13-8/h6-7H,3,5H2,1-2H3,(H,11,15). The Balaban J connectivity index is 2.44. The van der Waals surface area contributed by atoms with Gasteiger partial charge >= 0.3 is 0 Å². The van der Waals surface area contributed by atoms with Gasteiger partial charge in [-0.2, -0.15) is 10.4 Å². The molecule has 1 heterocycles. The zero-order valence-electron chi connectivity index (χ0n) is 8.77. The van der Waals surface area contributed by atoms with Crippen LogP contribution in [0.5, 0.6) is 0 Å². The highest BCUT2D eigenvalue weighted by molar-refractivity contribution is 5.80. The zero-order chi connectivity index (χ0) is 11.3. The predicted molar refractivity (Wildman–Crippen MR) is 52.2 cm³/mol. The normalized spacial score (nSPS) is 11.8. The first-order valence-electron chi connectivity index (χ1n) is 4.69. The van der Waals surface area contributed by atoms with E-state index in [1.54, 1.807) is 25.0 Å². The number of nitrogens with zero attached hydrogens (tertiary/aromatic N) is 4. The summed E-state index contributed by atoms with van der Waals surface area (Å²) in [4.78, 5) is 15.3. The lowest BCUT2D eigenvalue weighted by Gasteiger charge is -2.05. The Bertz CT molecular complexity index is 378. The van der Waals surface area contributed by atoms with Crippen LogP contribution in [0.1, 0.15) is 19.2 Å². The molecule has 0 saturated heterocycles. The maximum atomic E-state index is 11.4. The molecule has 0 aliphatic rings. The van der Waals surface area contributed by atoms with Gasteiger partial charge in [-0.05, 0) is 6.42 Å². The minimum absolute atomic E-state index is 0.262. The van der Waals surface area contributed by atoms with Crippen molar-refractivity contribution in [3.05, 3.63) is 12.2 Å². The van der Waals surface area contributed by atoms with Crippen molar-refractivity contribution in [2.45, 2.75) is 19.9 Å². The molecule has 1 amide bonds. The predicted octanol–water partition coefficient (Wildman–Crippen LogP) is -0.0189. The minimum Gasteiger partial charge on any atom is -0.348 e. The van der Waals surface area contributed by atoms with E-state index in [1.807, 2.05) is 6.07 Å². The Morgan fingerprint density at radius 2 is 2.53 bits per heavy atom. The lowest BCUT2D eigenvalue weighted by molar-refractivity contribution is -0.123. The highest BCUT2D eigenvalue weighted by Gasteiger charge is 2.15. The molecular formula is C9H13N5O. The van der Waals surface area contributed by atoms with Crippen LogP contribution in [-0.2, 0) is 18.4 Å². The second kappa shape index (κ2) is 5.10. The van der Waals surface area contributed by atoms with E-state index in [0.29, 0.717) is 12.2 Å². The monoisotopic (exact) mass is 207 g/mol. The third kappa shape index (κ3) is 3.06. The Kier molecular flexibility index (Phi) is 3.80. The number of hydrogen-bond acceptors (Lipinski definition) is 4. The summed E-state index contributed by atoms with van der Waals surface area (Å²) in [5.74, 6) is -0.320. The van der Waals surface area contributed by atoms with Crippen LogP contribution in [0.15, 0.2) is 6.33 Å². The number of nitriles is 1. The van der Waals surface area contributed by atoms with Crippen molar-refractivity contribution in [3.63, 3.8) is 0 Å². The highest BCUT2D eigenvalue weighted by Crippen LogP contribution is 2.00. The maximum absolute atomic E-state index is 11.4. The fraction of sp³-hybridized carbons (Fsp3) is 0.556. The molecule has 1 N–H and O–H groups in total. The van der Waals surface area contributed by atoms with Gasteiger partial charge < -0.3 is 5.32 Å². The van der Waals surface area contributed by atoms with Crippen LogP contribution in [-0.4, -0.2) is 20.7 Å². The highest BCUT2D eigenvalue weighted by atomic mass is 16.1. The van der Waals surface area contributed by atoms with Gasteiger partial charge in [-0.25, -0.2) is 4.98 Å². The number of rotatable bonds is 4. The number of carbonyl (C=O) groups is 1. The molecule has 0 aliphatic carbocycles. The van der Waals surface area contributed by atoms with Crippen molar-refractivity contribution in [3.8, 4) is 6.07 Å². The second-order valence-electron chi connectivity index (χ2n) is 3.14. The molecule has 15 heavy (non-hydrogen) atoms. The number of nitrogens with one attached hydrogen (secondary N) is 1. The molecule has 0 saturated carbocycles. The Labute approximate surface area is 87.9 Å². The Hall–Kier alpha value is -1.90. The molecule has 0 bridgehead atoms. The second-order valence-corrected chi connectivity index (χ2v) is 3.14. The minimum atomic E-state index is -0.589. The summed E-state index contributed by atoms with van der Waals surface area (Å²) >= 11 is 0. The number of aryl methyl sites for hydroxylation is 1. The summed E-state index contributed by atoms with van der Waals surface area (Å²) in [6.45, 7) is 2.06. The molecule has 0 spiro atoms. The summed E-state index contributed by atoms with van der Waals surface area (Å²) in [6, 6.07) is 1.93. The van der Waals surface area contributed by atoms with Crippen molar-refractivity contribution in [1.29, 1.82) is 5.26 Å². The first kappa shape index (κ1) is 11.2. The van der Waals surface area contributed by atoms with E-state index < -0.39 is 5.92 Å². The first-order valence-corrected chi connectivity index (χ1v) is 4.69. The van der Waals surface area contributed by atoms with Crippen LogP contribution in [0.25, 0.3) is 0 Å². The van der Waals surface area contributed by atoms with Crippen molar-refractivity contribution in [1.82, 2.24) is 20.1 Å². The molecule has 1 aromatic heterocycles. The van der Waals surface area contributed by atoms with E-state index in [0.717, 1.165) is 0 Å². The largest absolute Gasteiger partial charge is 0.348 e. The Morgan fingerprint density at radius 3 is 3.00 bits per heavy atom. The van der Waals surface area contributed by atoms with Crippen LogP contribution in [0, 0.1) is 17.2 Å². The molecule has 6 nitrogen and oxygen atoms in total. The molecular weight excluding hydrogens is 194 g/mol. The molecule has 1 unspecified atom stereocenters. The first-order chi connectivity index (χ1) is 7.17. The van der Waals surface area contributed by atoms with Gasteiger partial charge in [0.1, 0.15) is 12.2 Å². The fourth-order valence-electron chi connectivity index (χ4n) is 1.09. The average molecular weight is 207 g/mol. The molecule has 1 atom stereocenters. The lowest BCUT2D eigenvalue weighted by Crippen LogP contribution is -2.29. The van der Waals surface area contributed by atoms with Crippen LogP contribution >= 0.6 is 0 Å². The quantitative estimate of drug-likeness (QED) is 0.752. The van der Waals surface area contributed by atoms with Gasteiger partial charge in [0, 0.05) is 7.05 Å². The Morgan fingerprint density at radius 1 is 1.80 bits per heavy atom. The van der Waals surface area contributed by atoms with E-state index in [-0.39, 0.29) is 12.5 Å². The van der Waals surface area contributed by atoms with Gasteiger partial charge in [-0.1, -0.05) is 6.92 Å². The number of aromatic nitrogens is 3. The van der Waals surface area contributed by atoms with E-state index in [9.17, 15) is 4.79 Å². The lowest BCUT2D eigenvalue weighted by atomic mass is 10.1. The summed E-state index contributed by atoms with van der Waals surface area (Å²) < 4.78 is 1.56. The van der Waals surface area contributed by atoms with Gasteiger partial charge in [-0.3, -0.25) is 9.48 Å². The maximum Gasteiger partial charge on any atom is 0.237 e. The topological polar surface area (TPSA) is 83.6 Å². The van der Waals surface area contributed by atoms with Gasteiger partial charge in [0.2, 0.25) is 5.91 Å². The number of carbonyl (C=O) groups excluding carboxylic acids is 1. The van der Waals surface area contributed by atoms with E-state index in [4.69, 9.17) is 5.26 Å². The molecule has 0 fully saturated rings. The van der Waals surface area contributed by atoms with Crippen molar-refractivity contribution in [2.75, 3.05) is 0 Å². The van der Waals surface area contributed by atoms with E-state index in [2.05, 4.69) is 15.4 Å². The van der Waals surface area contributed by atoms with Gasteiger partial charge in [0.15, 0.2) is 5.82 Å². The van der Waals surface area contributed by atoms with E-state index >= 15 is 0 Å². The van der Waals surface area contributed by atoms with Crippen LogP contribution < -0.4 is 5.32 Å². The van der Waals surface area contributed by atoms with Gasteiger partial charge in [-0.15, -0.1) is 0 Å². The van der Waals surface area contributed by atoms with Crippen molar-refractivity contribution in [2.24, 2.45) is 13.0 Å².